The first kappa shape index (κ1) is 16.7. The molecule has 0 saturated heterocycles. The highest BCUT2D eigenvalue weighted by molar-refractivity contribution is 9.10. The van der Waals surface area contributed by atoms with Crippen LogP contribution in [0.3, 0.4) is 0 Å². The maximum Gasteiger partial charge on any atom is 0.454 e. The molecule has 0 aromatic heterocycles. The lowest BCUT2D eigenvalue weighted by Gasteiger charge is -2.19. The summed E-state index contributed by atoms with van der Waals surface area (Å²) < 4.78 is 37.9. The second-order valence-corrected chi connectivity index (χ2v) is 6.14. The molecule has 20 heavy (non-hydrogen) atoms. The first-order valence-corrected chi connectivity index (χ1v) is 6.45. The van der Waals surface area contributed by atoms with Crippen molar-refractivity contribution in [3.05, 3.63) is 28.2 Å². The number of rotatable bonds is 2. The van der Waals surface area contributed by atoms with Gasteiger partial charge in [-0.05, 0) is 18.2 Å². The van der Waals surface area contributed by atoms with E-state index in [0.717, 1.165) is 6.07 Å². The third kappa shape index (κ3) is 4.06. The largest absolute Gasteiger partial charge is 0.454 e. The Morgan fingerprint density at radius 2 is 1.70 bits per heavy atom. The van der Waals surface area contributed by atoms with Crippen LogP contribution in [-0.4, -0.2) is 17.9 Å². The molecule has 1 N–H and O–H groups in total. The van der Waals surface area contributed by atoms with Crippen LogP contribution in [0.4, 0.5) is 18.9 Å². The number of halogens is 4. The second-order valence-electron chi connectivity index (χ2n) is 5.22. The molecular weight excluding hydrogens is 339 g/mol. The highest BCUT2D eigenvalue weighted by Crippen LogP contribution is 2.29. The molecule has 1 rings (SSSR count). The normalized spacial score (nSPS) is 12.2. The predicted octanol–water partition coefficient (Wildman–Crippen LogP) is 4.18. The van der Waals surface area contributed by atoms with E-state index in [1.807, 2.05) is 0 Å². The molecule has 0 spiro atoms. The van der Waals surface area contributed by atoms with Gasteiger partial charge in [0.1, 0.15) is 0 Å². The van der Waals surface area contributed by atoms with Gasteiger partial charge >= 0.3 is 6.18 Å². The van der Waals surface area contributed by atoms with Crippen molar-refractivity contribution < 1.29 is 22.8 Å². The number of carbonyl (C=O) groups excluding carboxylic acids is 2. The van der Waals surface area contributed by atoms with Gasteiger partial charge in [-0.3, -0.25) is 9.59 Å². The summed E-state index contributed by atoms with van der Waals surface area (Å²) in [5.74, 6) is -2.47. The third-order valence-electron chi connectivity index (χ3n) is 2.41. The Bertz CT molecular complexity index is 548. The van der Waals surface area contributed by atoms with E-state index in [0.29, 0.717) is 4.47 Å². The van der Waals surface area contributed by atoms with Crippen LogP contribution in [0.25, 0.3) is 0 Å². The van der Waals surface area contributed by atoms with Crippen molar-refractivity contribution in [1.29, 1.82) is 0 Å². The molecule has 7 heteroatoms. The van der Waals surface area contributed by atoms with E-state index in [9.17, 15) is 22.8 Å². The fraction of sp³-hybridized carbons (Fsp3) is 0.385. The molecule has 1 aromatic carbocycles. The molecule has 0 aliphatic rings. The zero-order valence-electron chi connectivity index (χ0n) is 11.1. The van der Waals surface area contributed by atoms with Gasteiger partial charge in [-0.2, -0.15) is 13.2 Å². The van der Waals surface area contributed by atoms with Crippen molar-refractivity contribution >= 4 is 33.3 Å². The Labute approximate surface area is 122 Å². The molecule has 1 amide bonds. The molecule has 110 valence electrons. The summed E-state index contributed by atoms with van der Waals surface area (Å²) in [7, 11) is 0. The van der Waals surface area contributed by atoms with Crippen LogP contribution in [0.1, 0.15) is 31.1 Å². The molecule has 0 bridgehead atoms. The fourth-order valence-corrected chi connectivity index (χ4v) is 1.64. The zero-order chi connectivity index (χ0) is 15.7. The van der Waals surface area contributed by atoms with Crippen molar-refractivity contribution in [1.82, 2.24) is 0 Å². The summed E-state index contributed by atoms with van der Waals surface area (Å²) in [6.07, 6.45) is -5.00. The minimum absolute atomic E-state index is 0.157. The van der Waals surface area contributed by atoms with Gasteiger partial charge in [-0.15, -0.1) is 0 Å². The summed E-state index contributed by atoms with van der Waals surface area (Å²) in [6.45, 7) is 4.85. The first-order chi connectivity index (χ1) is 8.93. The number of ketones is 1. The molecule has 0 radical (unpaired) electrons. The van der Waals surface area contributed by atoms with Crippen LogP contribution in [0, 0.1) is 5.41 Å². The number of amides is 1. The summed E-state index contributed by atoms with van der Waals surface area (Å²) in [4.78, 5) is 23.2. The Morgan fingerprint density at radius 3 is 2.15 bits per heavy atom. The van der Waals surface area contributed by atoms with Crippen molar-refractivity contribution in [2.45, 2.75) is 26.9 Å². The highest BCUT2D eigenvalue weighted by atomic mass is 79.9. The van der Waals surface area contributed by atoms with Gasteiger partial charge < -0.3 is 5.32 Å². The van der Waals surface area contributed by atoms with Gasteiger partial charge in [0.05, 0.1) is 11.3 Å². The predicted molar refractivity (Wildman–Crippen MR) is 72.6 cm³/mol. The summed E-state index contributed by atoms with van der Waals surface area (Å²) >= 11 is 3.00. The maximum atomic E-state index is 12.5. The maximum absolute atomic E-state index is 12.5. The van der Waals surface area contributed by atoms with Crippen LogP contribution >= 0.6 is 15.9 Å². The lowest BCUT2D eigenvalue weighted by atomic mass is 9.95. The van der Waals surface area contributed by atoms with Crippen molar-refractivity contribution in [2.24, 2.45) is 5.41 Å². The van der Waals surface area contributed by atoms with E-state index in [1.54, 1.807) is 20.8 Å². The quantitative estimate of drug-likeness (QED) is 0.812. The zero-order valence-corrected chi connectivity index (χ0v) is 12.6. The van der Waals surface area contributed by atoms with Crippen LogP contribution in [0.15, 0.2) is 22.7 Å². The van der Waals surface area contributed by atoms with Crippen LogP contribution in [0.5, 0.6) is 0 Å². The molecule has 0 saturated carbocycles. The highest BCUT2D eigenvalue weighted by Gasteiger charge is 2.40. The summed E-state index contributed by atoms with van der Waals surface area (Å²) in [5.41, 5.74) is -1.54. The molecule has 0 fully saturated rings. The lowest BCUT2D eigenvalue weighted by molar-refractivity contribution is -0.123. The third-order valence-corrected chi connectivity index (χ3v) is 2.91. The number of alkyl halides is 3. The van der Waals surface area contributed by atoms with Gasteiger partial charge in [0, 0.05) is 9.89 Å². The molecule has 0 heterocycles. The van der Waals surface area contributed by atoms with Crippen LogP contribution < -0.4 is 5.32 Å². The van der Waals surface area contributed by atoms with Gasteiger partial charge in [-0.25, -0.2) is 0 Å². The van der Waals surface area contributed by atoms with Crippen LogP contribution in [-0.2, 0) is 4.79 Å². The molecule has 3 nitrogen and oxygen atoms in total. The Morgan fingerprint density at radius 1 is 1.15 bits per heavy atom. The smallest absolute Gasteiger partial charge is 0.325 e. The minimum atomic E-state index is -5.00. The second kappa shape index (κ2) is 5.55. The minimum Gasteiger partial charge on any atom is -0.325 e. The Hall–Kier alpha value is -1.37. The molecule has 0 aliphatic carbocycles. The van der Waals surface area contributed by atoms with E-state index in [-0.39, 0.29) is 5.69 Å². The molecule has 1 aromatic rings. The van der Waals surface area contributed by atoms with E-state index < -0.39 is 28.8 Å². The number of hydrogen-bond donors (Lipinski definition) is 1. The standard InChI is InChI=1S/C13H13BrF3NO2/c1-12(2,3)11(20)18-9-5-4-7(14)6-8(9)10(19)13(15,16)17/h4-6H,1-3H3,(H,18,20). The van der Waals surface area contributed by atoms with Crippen molar-refractivity contribution in [2.75, 3.05) is 5.32 Å². The van der Waals surface area contributed by atoms with Gasteiger partial charge in [0.2, 0.25) is 5.91 Å². The number of carbonyl (C=O) groups is 2. The van der Waals surface area contributed by atoms with E-state index in [2.05, 4.69) is 21.2 Å². The average molecular weight is 352 g/mol. The number of anilines is 1. The molecule has 0 unspecified atom stereocenters. The SMILES string of the molecule is CC(C)(C)C(=O)Nc1ccc(Br)cc1C(=O)C(F)(F)F. The molecule has 0 aliphatic heterocycles. The molecule has 0 atom stereocenters. The Balaban J connectivity index is 3.22. The van der Waals surface area contributed by atoms with E-state index >= 15 is 0 Å². The Kier molecular flexibility index (Phi) is 4.63. The average Bonchev–Trinajstić information content (AvgIpc) is 2.27. The fourth-order valence-electron chi connectivity index (χ4n) is 1.28. The van der Waals surface area contributed by atoms with Crippen molar-refractivity contribution in [3.63, 3.8) is 0 Å². The van der Waals surface area contributed by atoms with Crippen molar-refractivity contribution in [3.8, 4) is 0 Å². The van der Waals surface area contributed by atoms with E-state index in [4.69, 9.17) is 0 Å². The van der Waals surface area contributed by atoms with Gasteiger partial charge in [-0.1, -0.05) is 36.7 Å². The monoisotopic (exact) mass is 351 g/mol. The number of Topliss-reactive ketones (excluding diaryl/α,β-unsaturated/α-hetero) is 1. The first-order valence-electron chi connectivity index (χ1n) is 5.65. The lowest BCUT2D eigenvalue weighted by Crippen LogP contribution is -2.30. The van der Waals surface area contributed by atoms with Crippen LogP contribution in [0.2, 0.25) is 0 Å². The van der Waals surface area contributed by atoms with E-state index in [1.165, 1.54) is 12.1 Å². The summed E-state index contributed by atoms with van der Waals surface area (Å²) in [5, 5.41) is 2.35. The van der Waals surface area contributed by atoms with Gasteiger partial charge in [0.25, 0.3) is 5.78 Å². The van der Waals surface area contributed by atoms with Gasteiger partial charge in [0.15, 0.2) is 0 Å². The number of hydrogen-bond acceptors (Lipinski definition) is 2. The number of nitrogens with one attached hydrogen (secondary N) is 1. The topological polar surface area (TPSA) is 46.2 Å². The number of benzene rings is 1. The molecular formula is C13H13BrF3NO2. The summed E-state index contributed by atoms with van der Waals surface area (Å²) in [6, 6.07) is 3.74.